The third kappa shape index (κ3) is 2.74. The first-order valence-electron chi connectivity index (χ1n) is 3.03. The van der Waals surface area contributed by atoms with Gasteiger partial charge in [-0.05, 0) is 0 Å². The molecular formula is C5H6O5Pb. The summed E-state index contributed by atoms with van der Waals surface area (Å²) in [5.41, 5.74) is 0. The fourth-order valence-corrected chi connectivity index (χ4v) is 2.37. The van der Waals surface area contributed by atoms with Gasteiger partial charge in [0.1, 0.15) is 0 Å². The summed E-state index contributed by atoms with van der Waals surface area (Å²) in [6, 6.07) is 0. The molecule has 1 fully saturated rings. The standard InChI is InChI=1S/C5H8O5.Pb/c6-3(5(9)10)1-2-4(7)8;/h3,6H,1-2H2,(H,7,8)(H,9,10);/q;+2/p-2. The number of carbonyl (C=O) groups excluding carboxylic acids is 2. The molecule has 1 aliphatic rings. The van der Waals surface area contributed by atoms with Crippen LogP contribution in [-0.4, -0.2) is 48.3 Å². The van der Waals surface area contributed by atoms with E-state index in [-0.39, 0.29) is 18.8 Å². The minimum atomic E-state index is -1.99. The van der Waals surface area contributed by atoms with Crippen molar-refractivity contribution in [1.29, 1.82) is 0 Å². The van der Waals surface area contributed by atoms with Crippen LogP contribution < -0.4 is 0 Å². The Labute approximate surface area is 76.2 Å². The zero-order valence-corrected chi connectivity index (χ0v) is 9.46. The quantitative estimate of drug-likeness (QED) is 0.552. The number of rotatable bonds is 0. The molecule has 0 bridgehead atoms. The SMILES string of the molecule is O=C1CCC(O)C(=O)[O][Pb][O]1. The number of aliphatic hydroxyl groups excluding tert-OH is 1. The van der Waals surface area contributed by atoms with Crippen LogP contribution in [0.4, 0.5) is 0 Å². The van der Waals surface area contributed by atoms with E-state index in [1.807, 2.05) is 0 Å². The van der Waals surface area contributed by atoms with Gasteiger partial charge in [-0.3, -0.25) is 0 Å². The Morgan fingerprint density at radius 1 is 1.45 bits per heavy atom. The van der Waals surface area contributed by atoms with Gasteiger partial charge in [0, 0.05) is 0 Å². The fraction of sp³-hybridized carbons (Fsp3) is 0.600. The van der Waals surface area contributed by atoms with Gasteiger partial charge in [-0.15, -0.1) is 0 Å². The summed E-state index contributed by atoms with van der Waals surface area (Å²) in [5.74, 6) is -1.03. The molecule has 6 heteroatoms. The molecule has 1 saturated heterocycles. The Balaban J connectivity index is 2.47. The van der Waals surface area contributed by atoms with Gasteiger partial charge in [-0.1, -0.05) is 0 Å². The molecule has 0 aromatic rings. The molecule has 0 spiro atoms. The summed E-state index contributed by atoms with van der Waals surface area (Å²) in [6.07, 6.45) is -0.944. The second-order valence-electron chi connectivity index (χ2n) is 2.03. The molecule has 1 rings (SSSR count). The Hall–Kier alpha value is -0.178. The zero-order valence-electron chi connectivity index (χ0n) is 5.57. The van der Waals surface area contributed by atoms with E-state index < -0.39 is 37.2 Å². The number of aliphatic hydroxyl groups is 1. The van der Waals surface area contributed by atoms with Crippen molar-refractivity contribution in [2.75, 3.05) is 0 Å². The van der Waals surface area contributed by atoms with Crippen LogP contribution in [0.2, 0.25) is 0 Å². The van der Waals surface area contributed by atoms with Gasteiger partial charge in [0.15, 0.2) is 0 Å². The van der Waals surface area contributed by atoms with Gasteiger partial charge < -0.3 is 0 Å². The van der Waals surface area contributed by atoms with Gasteiger partial charge in [0.05, 0.1) is 0 Å². The van der Waals surface area contributed by atoms with Crippen LogP contribution in [0.5, 0.6) is 0 Å². The van der Waals surface area contributed by atoms with Gasteiger partial charge in [-0.25, -0.2) is 0 Å². The number of carbonyl (C=O) groups is 2. The van der Waals surface area contributed by atoms with Crippen molar-refractivity contribution in [1.82, 2.24) is 0 Å². The molecule has 0 aromatic heterocycles. The Morgan fingerprint density at radius 2 is 2.18 bits per heavy atom. The van der Waals surface area contributed by atoms with Crippen molar-refractivity contribution in [3.05, 3.63) is 0 Å². The second-order valence-corrected chi connectivity index (χ2v) is 4.27. The Kier molecular flexibility index (Phi) is 3.24. The first-order valence-corrected chi connectivity index (χ1v) is 6.21. The first-order chi connectivity index (χ1) is 5.20. The average Bonchev–Trinajstić information content (AvgIpc) is 1.98. The zero-order chi connectivity index (χ0) is 8.27. The van der Waals surface area contributed by atoms with Crippen molar-refractivity contribution in [2.45, 2.75) is 18.9 Å². The van der Waals surface area contributed by atoms with E-state index in [0.29, 0.717) is 0 Å². The molecular weight excluding hydrogens is 347 g/mol. The molecule has 5 nitrogen and oxygen atoms in total. The summed E-state index contributed by atoms with van der Waals surface area (Å²) in [7, 11) is 0. The van der Waals surface area contributed by atoms with Crippen molar-refractivity contribution >= 4 is 37.1 Å². The van der Waals surface area contributed by atoms with Crippen LogP contribution in [0.1, 0.15) is 12.8 Å². The van der Waals surface area contributed by atoms with Crippen molar-refractivity contribution in [3.63, 3.8) is 0 Å². The van der Waals surface area contributed by atoms with Crippen molar-refractivity contribution < 1.29 is 20.1 Å². The Morgan fingerprint density at radius 3 is 2.91 bits per heavy atom. The van der Waals surface area contributed by atoms with E-state index in [2.05, 4.69) is 5.37 Å². The summed E-state index contributed by atoms with van der Waals surface area (Å²) in [6.45, 7) is 0. The molecule has 0 aliphatic carbocycles. The first kappa shape index (κ1) is 8.91. The molecule has 0 amide bonds. The summed E-state index contributed by atoms with van der Waals surface area (Å²) >= 11 is -1.99. The third-order valence-electron chi connectivity index (χ3n) is 1.19. The van der Waals surface area contributed by atoms with Gasteiger partial charge >= 0.3 is 76.1 Å². The van der Waals surface area contributed by atoms with Gasteiger partial charge in [-0.2, -0.15) is 0 Å². The molecule has 1 heterocycles. The van der Waals surface area contributed by atoms with Crippen molar-refractivity contribution in [3.8, 4) is 0 Å². The molecule has 11 heavy (non-hydrogen) atoms. The van der Waals surface area contributed by atoms with Crippen LogP contribution in [0.3, 0.4) is 0 Å². The minimum absolute atomic E-state index is 0.0982. The van der Waals surface area contributed by atoms with Gasteiger partial charge in [0.2, 0.25) is 0 Å². The van der Waals surface area contributed by atoms with Crippen LogP contribution in [-0.2, 0) is 15.0 Å². The monoisotopic (exact) mass is 354 g/mol. The van der Waals surface area contributed by atoms with E-state index in [4.69, 9.17) is 5.11 Å². The molecule has 1 atom stereocenters. The molecule has 60 valence electrons. The van der Waals surface area contributed by atoms with E-state index in [1.165, 1.54) is 0 Å². The normalized spacial score (nSPS) is 26.5. The Bertz CT molecular complexity index is 180. The van der Waals surface area contributed by atoms with E-state index in [0.717, 1.165) is 0 Å². The number of hydrogen-bond acceptors (Lipinski definition) is 5. The van der Waals surface area contributed by atoms with E-state index in [1.54, 1.807) is 0 Å². The van der Waals surface area contributed by atoms with E-state index in [9.17, 15) is 9.59 Å². The van der Waals surface area contributed by atoms with Crippen LogP contribution in [0.25, 0.3) is 0 Å². The van der Waals surface area contributed by atoms with Crippen LogP contribution in [0, 0.1) is 0 Å². The molecule has 0 saturated carbocycles. The molecule has 2 radical (unpaired) electrons. The fourth-order valence-electron chi connectivity index (χ4n) is 0.600. The van der Waals surface area contributed by atoms with Crippen LogP contribution in [0.15, 0.2) is 0 Å². The molecule has 1 unspecified atom stereocenters. The summed E-state index contributed by atoms with van der Waals surface area (Å²) < 4.78 is 9.13. The summed E-state index contributed by atoms with van der Waals surface area (Å²) in [4.78, 5) is 21.3. The van der Waals surface area contributed by atoms with Crippen LogP contribution >= 0.6 is 0 Å². The maximum absolute atomic E-state index is 10.7. The topological polar surface area (TPSA) is 72.8 Å². The third-order valence-corrected chi connectivity index (χ3v) is 3.51. The number of hydrogen-bond donors (Lipinski definition) is 1. The van der Waals surface area contributed by atoms with Gasteiger partial charge in [0.25, 0.3) is 0 Å². The summed E-state index contributed by atoms with van der Waals surface area (Å²) in [5, 5.41) is 8.95. The predicted molar refractivity (Wildman–Crippen MR) is 33.2 cm³/mol. The van der Waals surface area contributed by atoms with Crippen molar-refractivity contribution in [2.24, 2.45) is 0 Å². The average molecular weight is 353 g/mol. The maximum atomic E-state index is 10.7. The predicted octanol–water partition coefficient (Wildman–Crippen LogP) is -1.24. The molecule has 1 N–H and O–H groups in total. The molecule has 1 aliphatic heterocycles. The molecule has 0 aromatic carbocycles. The van der Waals surface area contributed by atoms with E-state index >= 15 is 0 Å². The second kappa shape index (κ2) is 4.00.